The number of carbonyl (C=O) groups excluding carboxylic acids is 1. The van der Waals surface area contributed by atoms with Crippen LogP contribution in [0.4, 0.5) is 0 Å². The van der Waals surface area contributed by atoms with E-state index in [4.69, 9.17) is 5.11 Å². The second-order valence-electron chi connectivity index (χ2n) is 3.43. The van der Waals surface area contributed by atoms with Gasteiger partial charge in [0.1, 0.15) is 6.04 Å². The Kier molecular flexibility index (Phi) is 2.69. The molecule has 1 amide bonds. The van der Waals surface area contributed by atoms with E-state index in [0.717, 1.165) is 6.54 Å². The Hall–Kier alpha value is -0.610. The third-order valence-corrected chi connectivity index (χ3v) is 2.56. The molecule has 0 spiro atoms. The fourth-order valence-electron chi connectivity index (χ4n) is 1.56. The van der Waals surface area contributed by atoms with E-state index in [0.29, 0.717) is 6.04 Å². The molecule has 0 bridgehead atoms. The van der Waals surface area contributed by atoms with Crippen LogP contribution in [0.25, 0.3) is 0 Å². The van der Waals surface area contributed by atoms with Gasteiger partial charge in [0.25, 0.3) is 0 Å². The van der Waals surface area contributed by atoms with Crippen LogP contribution in [0.5, 0.6) is 0 Å². The smallest absolute Gasteiger partial charge is 0.242 e. The van der Waals surface area contributed by atoms with Crippen LogP contribution in [0.15, 0.2) is 0 Å². The average molecular weight is 172 g/mol. The number of hydrogen-bond donors (Lipinski definition) is 1. The summed E-state index contributed by atoms with van der Waals surface area (Å²) in [7, 11) is 3.64. The number of likely N-dealkylation sites (N-methyl/N-ethyl adjacent to an activating group) is 2. The molecule has 1 aliphatic rings. The number of nitrogens with zero attached hydrogens (tertiary/aromatic N) is 2. The van der Waals surface area contributed by atoms with Crippen molar-refractivity contribution in [1.29, 1.82) is 0 Å². The Morgan fingerprint density at radius 2 is 2.17 bits per heavy atom. The highest BCUT2D eigenvalue weighted by atomic mass is 16.3. The molecule has 0 saturated carbocycles. The molecule has 0 aromatic carbocycles. The lowest BCUT2D eigenvalue weighted by Gasteiger charge is -2.40. The minimum atomic E-state index is -0.348. The number of piperazine rings is 1. The molecule has 1 saturated heterocycles. The standard InChI is InChI=1S/C8H16N2O2/c1-6-4-9(2)8(12)7(5-11)10(6)3/h6-7,11H,4-5H2,1-3H3. The Balaban J connectivity index is 2.74. The molecule has 2 atom stereocenters. The molecule has 0 aromatic rings. The van der Waals surface area contributed by atoms with Gasteiger partial charge in [0.05, 0.1) is 6.61 Å². The lowest BCUT2D eigenvalue weighted by molar-refractivity contribution is -0.143. The van der Waals surface area contributed by atoms with Gasteiger partial charge in [0.2, 0.25) is 5.91 Å². The maximum atomic E-state index is 11.4. The zero-order valence-electron chi connectivity index (χ0n) is 7.82. The molecule has 0 radical (unpaired) electrons. The first-order valence-corrected chi connectivity index (χ1v) is 4.15. The highest BCUT2D eigenvalue weighted by Gasteiger charge is 2.33. The van der Waals surface area contributed by atoms with Gasteiger partial charge < -0.3 is 10.0 Å². The van der Waals surface area contributed by atoms with Crippen molar-refractivity contribution in [1.82, 2.24) is 9.80 Å². The summed E-state index contributed by atoms with van der Waals surface area (Å²) in [5, 5.41) is 8.98. The number of aliphatic hydroxyl groups excluding tert-OH is 1. The Morgan fingerprint density at radius 3 is 2.67 bits per heavy atom. The maximum absolute atomic E-state index is 11.4. The van der Waals surface area contributed by atoms with Gasteiger partial charge in [-0.3, -0.25) is 9.69 Å². The minimum absolute atomic E-state index is 0.0121. The molecule has 4 heteroatoms. The fourth-order valence-corrected chi connectivity index (χ4v) is 1.56. The molecule has 2 unspecified atom stereocenters. The maximum Gasteiger partial charge on any atom is 0.242 e. The largest absolute Gasteiger partial charge is 0.394 e. The molecule has 1 aliphatic heterocycles. The van der Waals surface area contributed by atoms with Crippen LogP contribution in [0.3, 0.4) is 0 Å². The lowest BCUT2D eigenvalue weighted by atomic mass is 10.1. The molecule has 1 fully saturated rings. The molecule has 1 N–H and O–H groups in total. The summed E-state index contributed by atoms with van der Waals surface area (Å²) in [5.41, 5.74) is 0. The lowest BCUT2D eigenvalue weighted by Crippen LogP contribution is -2.59. The molecule has 4 nitrogen and oxygen atoms in total. The summed E-state index contributed by atoms with van der Waals surface area (Å²) in [6, 6.07) is -0.0244. The van der Waals surface area contributed by atoms with Crippen molar-refractivity contribution >= 4 is 5.91 Å². The second kappa shape index (κ2) is 3.41. The average Bonchev–Trinajstić information content (AvgIpc) is 2.02. The van der Waals surface area contributed by atoms with Crippen molar-refractivity contribution in [2.45, 2.75) is 19.0 Å². The quantitative estimate of drug-likeness (QED) is 0.559. The summed E-state index contributed by atoms with van der Waals surface area (Å²) in [5.74, 6) is 0.0121. The van der Waals surface area contributed by atoms with E-state index in [2.05, 4.69) is 0 Å². The van der Waals surface area contributed by atoms with Gasteiger partial charge in [-0.1, -0.05) is 0 Å². The van der Waals surface area contributed by atoms with Gasteiger partial charge in [-0.05, 0) is 14.0 Å². The van der Waals surface area contributed by atoms with Crippen molar-refractivity contribution in [3.05, 3.63) is 0 Å². The molecule has 1 rings (SSSR count). The Morgan fingerprint density at radius 1 is 1.58 bits per heavy atom. The van der Waals surface area contributed by atoms with E-state index >= 15 is 0 Å². The summed E-state index contributed by atoms with van der Waals surface area (Å²) >= 11 is 0. The van der Waals surface area contributed by atoms with E-state index in [1.807, 2.05) is 18.9 Å². The van der Waals surface area contributed by atoms with E-state index in [-0.39, 0.29) is 18.6 Å². The molecule has 1 heterocycles. The first-order chi connectivity index (χ1) is 5.57. The highest BCUT2D eigenvalue weighted by Crippen LogP contribution is 2.12. The SMILES string of the molecule is CC1CN(C)C(=O)C(CO)N1C. The van der Waals surface area contributed by atoms with Crippen molar-refractivity contribution in [2.75, 3.05) is 27.2 Å². The number of aliphatic hydroxyl groups is 1. The third-order valence-electron chi connectivity index (χ3n) is 2.56. The van der Waals surface area contributed by atoms with Crippen molar-refractivity contribution < 1.29 is 9.90 Å². The van der Waals surface area contributed by atoms with Crippen LogP contribution in [-0.4, -0.2) is 60.1 Å². The predicted molar refractivity (Wildman–Crippen MR) is 45.7 cm³/mol. The van der Waals surface area contributed by atoms with Crippen LogP contribution in [0.2, 0.25) is 0 Å². The molecule has 12 heavy (non-hydrogen) atoms. The van der Waals surface area contributed by atoms with E-state index < -0.39 is 0 Å². The van der Waals surface area contributed by atoms with Crippen LogP contribution >= 0.6 is 0 Å². The Labute approximate surface area is 72.8 Å². The van der Waals surface area contributed by atoms with Crippen molar-refractivity contribution in [3.8, 4) is 0 Å². The van der Waals surface area contributed by atoms with E-state index in [1.54, 1.807) is 11.9 Å². The topological polar surface area (TPSA) is 43.8 Å². The van der Waals surface area contributed by atoms with Crippen molar-refractivity contribution in [2.24, 2.45) is 0 Å². The first kappa shape index (κ1) is 9.48. The molecule has 70 valence electrons. The summed E-state index contributed by atoms with van der Waals surface area (Å²) in [4.78, 5) is 15.0. The predicted octanol–water partition coefficient (Wildman–Crippen LogP) is -0.860. The zero-order chi connectivity index (χ0) is 9.30. The van der Waals surface area contributed by atoms with Crippen LogP contribution in [0, 0.1) is 0 Å². The number of carbonyl (C=O) groups is 1. The number of amides is 1. The molecular weight excluding hydrogens is 156 g/mol. The second-order valence-corrected chi connectivity index (χ2v) is 3.43. The zero-order valence-corrected chi connectivity index (χ0v) is 7.82. The number of rotatable bonds is 1. The molecule has 0 aliphatic carbocycles. The minimum Gasteiger partial charge on any atom is -0.394 e. The summed E-state index contributed by atoms with van der Waals surface area (Å²) in [6.07, 6.45) is 0. The molecular formula is C8H16N2O2. The summed E-state index contributed by atoms with van der Waals surface area (Å²) < 4.78 is 0. The van der Waals surface area contributed by atoms with Gasteiger partial charge in [-0.2, -0.15) is 0 Å². The molecule has 0 aromatic heterocycles. The van der Waals surface area contributed by atoms with E-state index in [9.17, 15) is 4.79 Å². The highest BCUT2D eigenvalue weighted by molar-refractivity contribution is 5.82. The summed E-state index contributed by atoms with van der Waals surface area (Å²) in [6.45, 7) is 2.70. The fraction of sp³-hybridized carbons (Fsp3) is 0.875. The van der Waals surface area contributed by atoms with Crippen LogP contribution in [-0.2, 0) is 4.79 Å². The first-order valence-electron chi connectivity index (χ1n) is 4.15. The van der Waals surface area contributed by atoms with Crippen molar-refractivity contribution in [3.63, 3.8) is 0 Å². The van der Waals surface area contributed by atoms with Crippen LogP contribution < -0.4 is 0 Å². The number of hydrogen-bond acceptors (Lipinski definition) is 3. The van der Waals surface area contributed by atoms with Gasteiger partial charge in [0.15, 0.2) is 0 Å². The third kappa shape index (κ3) is 1.44. The van der Waals surface area contributed by atoms with Gasteiger partial charge >= 0.3 is 0 Å². The Bertz CT molecular complexity index is 184. The monoisotopic (exact) mass is 172 g/mol. The van der Waals surface area contributed by atoms with Gasteiger partial charge in [-0.25, -0.2) is 0 Å². The van der Waals surface area contributed by atoms with E-state index in [1.165, 1.54) is 0 Å². The normalized spacial score (nSPS) is 32.7. The van der Waals surface area contributed by atoms with Gasteiger partial charge in [0, 0.05) is 19.6 Å². The van der Waals surface area contributed by atoms with Crippen LogP contribution in [0.1, 0.15) is 6.92 Å². The van der Waals surface area contributed by atoms with Gasteiger partial charge in [-0.15, -0.1) is 0 Å².